The van der Waals surface area contributed by atoms with E-state index in [1.165, 1.54) is 0 Å². The quantitative estimate of drug-likeness (QED) is 0.581. The summed E-state index contributed by atoms with van der Waals surface area (Å²) in [6.07, 6.45) is 0.530. The van der Waals surface area contributed by atoms with Gasteiger partial charge in [0.2, 0.25) is 0 Å². The van der Waals surface area contributed by atoms with Crippen LogP contribution >= 0.6 is 0 Å². The molecule has 1 unspecified atom stereocenters. The minimum atomic E-state index is -0.852. The van der Waals surface area contributed by atoms with Crippen molar-refractivity contribution in [2.24, 2.45) is 5.73 Å². The molecule has 0 heterocycles. The lowest BCUT2D eigenvalue weighted by Gasteiger charge is -2.26. The summed E-state index contributed by atoms with van der Waals surface area (Å²) in [7, 11) is 0. The normalized spacial score (nSPS) is 13.8. The van der Waals surface area contributed by atoms with Crippen LogP contribution in [0.1, 0.15) is 33.6 Å². The van der Waals surface area contributed by atoms with Crippen LogP contribution in [-0.2, 0) is 14.3 Å². The number of aliphatic carboxylic acids is 1. The fourth-order valence-corrected chi connectivity index (χ4v) is 1.12. The van der Waals surface area contributed by atoms with Crippen LogP contribution in [-0.4, -0.2) is 42.5 Å². The van der Waals surface area contributed by atoms with Crippen molar-refractivity contribution < 1.29 is 19.4 Å². The largest absolute Gasteiger partial charge is 0.481 e. The van der Waals surface area contributed by atoms with Crippen LogP contribution < -0.4 is 5.73 Å². The van der Waals surface area contributed by atoms with Crippen molar-refractivity contribution in [1.29, 1.82) is 0 Å². The lowest BCUT2D eigenvalue weighted by atomic mass is 10.1. The average molecular weight is 233 g/mol. The molecule has 96 valence electrons. The number of carboxylic acids is 1. The maximum Gasteiger partial charge on any atom is 0.305 e. The molecule has 0 aliphatic carbocycles. The molecular formula is C11H23NO4. The van der Waals surface area contributed by atoms with Crippen molar-refractivity contribution >= 4 is 5.97 Å². The Kier molecular flexibility index (Phi) is 7.29. The van der Waals surface area contributed by atoms with E-state index in [-0.39, 0.29) is 12.5 Å². The van der Waals surface area contributed by atoms with Gasteiger partial charge in [-0.15, -0.1) is 0 Å². The van der Waals surface area contributed by atoms with Gasteiger partial charge in [-0.1, -0.05) is 0 Å². The Morgan fingerprint density at radius 2 is 2.12 bits per heavy atom. The highest BCUT2D eigenvalue weighted by Gasteiger charge is 2.20. The van der Waals surface area contributed by atoms with E-state index in [0.717, 1.165) is 6.42 Å². The standard InChI is InChI=1S/C11H23NO4/c1-9(7-10(13)14)15-8-11(2,3)16-6-4-5-12/h9H,4-8,12H2,1-3H3,(H,13,14). The average Bonchev–Trinajstić information content (AvgIpc) is 2.14. The van der Waals surface area contributed by atoms with Crippen LogP contribution in [0.15, 0.2) is 0 Å². The molecule has 0 aliphatic heterocycles. The minimum absolute atomic E-state index is 0.0128. The molecule has 1 atom stereocenters. The van der Waals surface area contributed by atoms with Gasteiger partial charge in [-0.2, -0.15) is 0 Å². The highest BCUT2D eigenvalue weighted by atomic mass is 16.5. The van der Waals surface area contributed by atoms with Gasteiger partial charge in [0, 0.05) is 6.61 Å². The molecule has 0 saturated carbocycles. The van der Waals surface area contributed by atoms with E-state index >= 15 is 0 Å². The fourth-order valence-electron chi connectivity index (χ4n) is 1.12. The predicted octanol–water partition coefficient (Wildman–Crippen LogP) is 1.01. The van der Waals surface area contributed by atoms with E-state index in [4.69, 9.17) is 20.3 Å². The first kappa shape index (κ1) is 15.3. The second kappa shape index (κ2) is 7.60. The molecule has 0 aromatic carbocycles. The molecule has 5 heteroatoms. The van der Waals surface area contributed by atoms with Gasteiger partial charge in [0.15, 0.2) is 0 Å². The second-order valence-corrected chi connectivity index (χ2v) is 4.47. The van der Waals surface area contributed by atoms with E-state index < -0.39 is 11.6 Å². The second-order valence-electron chi connectivity index (χ2n) is 4.47. The van der Waals surface area contributed by atoms with Crippen LogP contribution in [0.2, 0.25) is 0 Å². The molecule has 16 heavy (non-hydrogen) atoms. The summed E-state index contributed by atoms with van der Waals surface area (Å²) in [5.74, 6) is -0.852. The van der Waals surface area contributed by atoms with Gasteiger partial charge in [-0.25, -0.2) is 0 Å². The van der Waals surface area contributed by atoms with Crippen molar-refractivity contribution in [3.63, 3.8) is 0 Å². The Hall–Kier alpha value is -0.650. The molecule has 0 amide bonds. The predicted molar refractivity (Wildman–Crippen MR) is 61.4 cm³/mol. The first-order valence-electron chi connectivity index (χ1n) is 5.55. The van der Waals surface area contributed by atoms with Gasteiger partial charge in [-0.05, 0) is 33.7 Å². The third-order valence-corrected chi connectivity index (χ3v) is 2.02. The topological polar surface area (TPSA) is 81.8 Å². The molecule has 0 rings (SSSR count). The lowest BCUT2D eigenvalue weighted by Crippen LogP contribution is -2.33. The molecule has 5 nitrogen and oxygen atoms in total. The number of hydrogen-bond donors (Lipinski definition) is 2. The Labute approximate surface area is 96.9 Å². The third kappa shape index (κ3) is 8.64. The number of rotatable bonds is 9. The summed E-state index contributed by atoms with van der Waals surface area (Å²) < 4.78 is 11.0. The Morgan fingerprint density at radius 1 is 1.50 bits per heavy atom. The van der Waals surface area contributed by atoms with Crippen molar-refractivity contribution in [2.75, 3.05) is 19.8 Å². The van der Waals surface area contributed by atoms with E-state index in [2.05, 4.69) is 0 Å². The van der Waals surface area contributed by atoms with Crippen LogP contribution in [0.5, 0.6) is 0 Å². The van der Waals surface area contributed by atoms with Crippen LogP contribution in [0.3, 0.4) is 0 Å². The maximum atomic E-state index is 10.4. The van der Waals surface area contributed by atoms with E-state index in [1.807, 2.05) is 13.8 Å². The van der Waals surface area contributed by atoms with Crippen LogP contribution in [0, 0.1) is 0 Å². The summed E-state index contributed by atoms with van der Waals surface area (Å²) in [6.45, 7) is 7.15. The van der Waals surface area contributed by atoms with Gasteiger partial charge < -0.3 is 20.3 Å². The van der Waals surface area contributed by atoms with E-state index in [0.29, 0.717) is 19.8 Å². The molecule has 0 aliphatic rings. The van der Waals surface area contributed by atoms with Gasteiger partial charge in [0.25, 0.3) is 0 Å². The first-order chi connectivity index (χ1) is 7.37. The van der Waals surface area contributed by atoms with E-state index in [1.54, 1.807) is 6.92 Å². The molecule has 0 saturated heterocycles. The Morgan fingerprint density at radius 3 is 2.62 bits per heavy atom. The molecular weight excluding hydrogens is 210 g/mol. The highest BCUT2D eigenvalue weighted by Crippen LogP contribution is 2.12. The third-order valence-electron chi connectivity index (χ3n) is 2.02. The Balaban J connectivity index is 3.75. The van der Waals surface area contributed by atoms with Crippen molar-refractivity contribution in [1.82, 2.24) is 0 Å². The first-order valence-corrected chi connectivity index (χ1v) is 5.55. The summed E-state index contributed by atoms with van der Waals surface area (Å²) in [5.41, 5.74) is 4.96. The van der Waals surface area contributed by atoms with Crippen molar-refractivity contribution in [3.05, 3.63) is 0 Å². The van der Waals surface area contributed by atoms with Gasteiger partial charge >= 0.3 is 5.97 Å². The highest BCUT2D eigenvalue weighted by molar-refractivity contribution is 5.67. The maximum absolute atomic E-state index is 10.4. The number of nitrogens with two attached hydrogens (primary N) is 1. The number of carboxylic acid groups (broad SMARTS) is 1. The van der Waals surface area contributed by atoms with Crippen LogP contribution in [0.25, 0.3) is 0 Å². The molecule has 3 N–H and O–H groups in total. The molecule has 0 aromatic rings. The number of carbonyl (C=O) groups is 1. The van der Waals surface area contributed by atoms with Gasteiger partial charge in [0.1, 0.15) is 0 Å². The Bertz CT molecular complexity index is 206. The van der Waals surface area contributed by atoms with Crippen LogP contribution in [0.4, 0.5) is 0 Å². The number of hydrogen-bond acceptors (Lipinski definition) is 4. The summed E-state index contributed by atoms with van der Waals surface area (Å²) in [6, 6.07) is 0. The van der Waals surface area contributed by atoms with Gasteiger partial charge in [0.05, 0.1) is 24.7 Å². The fraction of sp³-hybridized carbons (Fsp3) is 0.909. The molecule has 0 spiro atoms. The zero-order valence-corrected chi connectivity index (χ0v) is 10.4. The monoisotopic (exact) mass is 233 g/mol. The summed E-state index contributed by atoms with van der Waals surface area (Å²) >= 11 is 0. The molecule has 0 aromatic heterocycles. The smallest absolute Gasteiger partial charge is 0.305 e. The van der Waals surface area contributed by atoms with Crippen molar-refractivity contribution in [3.8, 4) is 0 Å². The van der Waals surface area contributed by atoms with Gasteiger partial charge in [-0.3, -0.25) is 4.79 Å². The molecule has 0 radical (unpaired) electrons. The zero-order chi connectivity index (χ0) is 12.6. The zero-order valence-electron chi connectivity index (χ0n) is 10.4. The SMILES string of the molecule is CC(CC(=O)O)OCC(C)(C)OCCCN. The summed E-state index contributed by atoms with van der Waals surface area (Å²) in [4.78, 5) is 10.4. The molecule has 0 bridgehead atoms. The van der Waals surface area contributed by atoms with Crippen molar-refractivity contribution in [2.45, 2.75) is 45.3 Å². The number of ether oxygens (including phenoxy) is 2. The lowest BCUT2D eigenvalue weighted by molar-refractivity contribution is -0.142. The summed E-state index contributed by atoms with van der Waals surface area (Å²) in [5, 5.41) is 8.56. The van der Waals surface area contributed by atoms with E-state index in [9.17, 15) is 4.79 Å². The minimum Gasteiger partial charge on any atom is -0.481 e. The molecule has 0 fully saturated rings.